The summed E-state index contributed by atoms with van der Waals surface area (Å²) in [5.41, 5.74) is 0. The van der Waals surface area contributed by atoms with Gasteiger partial charge in [-0.3, -0.25) is 4.90 Å². The molecule has 0 amide bonds. The zero-order chi connectivity index (χ0) is 10.6. The number of hydrogen-bond donors (Lipinski definition) is 0. The Balaban J connectivity index is 2.48. The summed E-state index contributed by atoms with van der Waals surface area (Å²) in [5.74, 6) is 0.921. The van der Waals surface area contributed by atoms with Crippen molar-refractivity contribution in [2.75, 3.05) is 6.54 Å². The Morgan fingerprint density at radius 2 is 2.07 bits per heavy atom. The standard InChI is InChI=1S/C12H22N2/c1-4-12(7-8-13)14(10(2)3)9-11-5-6-11/h10-12H,4-7,9H2,1-3H3. The van der Waals surface area contributed by atoms with Crippen molar-refractivity contribution in [3.63, 3.8) is 0 Å². The van der Waals surface area contributed by atoms with E-state index < -0.39 is 0 Å². The maximum absolute atomic E-state index is 8.77. The van der Waals surface area contributed by atoms with Crippen LogP contribution in [0.3, 0.4) is 0 Å². The van der Waals surface area contributed by atoms with E-state index in [4.69, 9.17) is 5.26 Å². The lowest BCUT2D eigenvalue weighted by Gasteiger charge is -2.33. The van der Waals surface area contributed by atoms with E-state index in [1.807, 2.05) is 0 Å². The van der Waals surface area contributed by atoms with Gasteiger partial charge in [0.1, 0.15) is 0 Å². The average molecular weight is 194 g/mol. The SMILES string of the molecule is CCC(CC#N)N(CC1CC1)C(C)C. The van der Waals surface area contributed by atoms with Gasteiger partial charge < -0.3 is 0 Å². The van der Waals surface area contributed by atoms with Gasteiger partial charge in [0.15, 0.2) is 0 Å². The van der Waals surface area contributed by atoms with Crippen molar-refractivity contribution in [1.29, 1.82) is 5.26 Å². The zero-order valence-electron chi connectivity index (χ0n) is 9.66. The van der Waals surface area contributed by atoms with E-state index >= 15 is 0 Å². The summed E-state index contributed by atoms with van der Waals surface area (Å²) in [6, 6.07) is 3.36. The minimum absolute atomic E-state index is 0.473. The molecule has 80 valence electrons. The van der Waals surface area contributed by atoms with E-state index in [9.17, 15) is 0 Å². The van der Waals surface area contributed by atoms with Crippen LogP contribution in [-0.2, 0) is 0 Å². The highest BCUT2D eigenvalue weighted by Gasteiger charge is 2.28. The van der Waals surface area contributed by atoms with Gasteiger partial charge in [-0.2, -0.15) is 5.26 Å². The fraction of sp³-hybridized carbons (Fsp3) is 0.917. The Hall–Kier alpha value is -0.550. The van der Waals surface area contributed by atoms with E-state index in [0.29, 0.717) is 18.5 Å². The molecule has 1 unspecified atom stereocenters. The van der Waals surface area contributed by atoms with Crippen LogP contribution in [0.15, 0.2) is 0 Å². The topological polar surface area (TPSA) is 27.0 Å². The lowest BCUT2D eigenvalue weighted by Crippen LogP contribution is -2.41. The van der Waals surface area contributed by atoms with Gasteiger partial charge in [0.05, 0.1) is 12.5 Å². The van der Waals surface area contributed by atoms with Crippen LogP contribution in [0.25, 0.3) is 0 Å². The molecule has 1 fully saturated rings. The van der Waals surface area contributed by atoms with Crippen molar-refractivity contribution in [3.05, 3.63) is 0 Å². The molecule has 0 saturated heterocycles. The van der Waals surface area contributed by atoms with Crippen molar-refractivity contribution >= 4 is 0 Å². The summed E-state index contributed by atoms with van der Waals surface area (Å²) in [6.07, 6.45) is 4.57. The van der Waals surface area contributed by atoms with Gasteiger partial charge in [0.25, 0.3) is 0 Å². The predicted molar refractivity (Wildman–Crippen MR) is 58.9 cm³/mol. The Kier molecular flexibility index (Phi) is 4.41. The first kappa shape index (κ1) is 11.5. The molecule has 0 N–H and O–H groups in total. The van der Waals surface area contributed by atoms with Crippen LogP contribution in [0, 0.1) is 17.2 Å². The van der Waals surface area contributed by atoms with Gasteiger partial charge in [-0.25, -0.2) is 0 Å². The molecule has 1 rings (SSSR count). The molecule has 1 aliphatic carbocycles. The van der Waals surface area contributed by atoms with Crippen molar-refractivity contribution in [2.24, 2.45) is 5.92 Å². The van der Waals surface area contributed by atoms with Crippen LogP contribution in [0.5, 0.6) is 0 Å². The van der Waals surface area contributed by atoms with Gasteiger partial charge in [-0.15, -0.1) is 0 Å². The first-order chi connectivity index (χ1) is 6.69. The predicted octanol–water partition coefficient (Wildman–Crippen LogP) is 2.80. The molecule has 0 bridgehead atoms. The van der Waals surface area contributed by atoms with E-state index in [-0.39, 0.29) is 0 Å². The molecule has 0 aromatic rings. The molecule has 0 radical (unpaired) electrons. The van der Waals surface area contributed by atoms with Crippen LogP contribution in [-0.4, -0.2) is 23.5 Å². The molecule has 1 atom stereocenters. The summed E-state index contributed by atoms with van der Waals surface area (Å²) in [7, 11) is 0. The largest absolute Gasteiger partial charge is 0.297 e. The molecule has 2 nitrogen and oxygen atoms in total. The fourth-order valence-corrected chi connectivity index (χ4v) is 1.98. The molecule has 0 aromatic heterocycles. The highest BCUT2D eigenvalue weighted by molar-refractivity contribution is 4.87. The van der Waals surface area contributed by atoms with Gasteiger partial charge >= 0.3 is 0 Å². The normalized spacial score (nSPS) is 18.6. The second kappa shape index (κ2) is 5.36. The third kappa shape index (κ3) is 3.31. The first-order valence-corrected chi connectivity index (χ1v) is 5.81. The van der Waals surface area contributed by atoms with E-state index in [1.165, 1.54) is 19.4 Å². The summed E-state index contributed by atoms with van der Waals surface area (Å²) in [4.78, 5) is 2.51. The van der Waals surface area contributed by atoms with Crippen LogP contribution in [0.2, 0.25) is 0 Å². The minimum Gasteiger partial charge on any atom is -0.297 e. The molecule has 0 spiro atoms. The summed E-state index contributed by atoms with van der Waals surface area (Å²) in [6.45, 7) is 7.87. The highest BCUT2D eigenvalue weighted by atomic mass is 15.2. The smallest absolute Gasteiger partial charge is 0.0638 e. The monoisotopic (exact) mass is 194 g/mol. The fourth-order valence-electron chi connectivity index (χ4n) is 1.98. The second-order valence-electron chi connectivity index (χ2n) is 4.66. The maximum atomic E-state index is 8.77. The van der Waals surface area contributed by atoms with Gasteiger partial charge in [0.2, 0.25) is 0 Å². The summed E-state index contributed by atoms with van der Waals surface area (Å²) in [5, 5.41) is 8.77. The maximum Gasteiger partial charge on any atom is 0.0638 e. The number of nitrogens with zero attached hydrogens (tertiary/aromatic N) is 2. The highest BCUT2D eigenvalue weighted by Crippen LogP contribution is 2.31. The third-order valence-corrected chi connectivity index (χ3v) is 3.10. The molecule has 2 heteroatoms. The summed E-state index contributed by atoms with van der Waals surface area (Å²) < 4.78 is 0. The molecule has 0 aliphatic heterocycles. The second-order valence-corrected chi connectivity index (χ2v) is 4.66. The van der Waals surface area contributed by atoms with E-state index in [0.717, 1.165) is 12.3 Å². The molecular weight excluding hydrogens is 172 g/mol. The lowest BCUT2D eigenvalue weighted by atomic mass is 10.1. The average Bonchev–Trinajstić information content (AvgIpc) is 2.94. The Labute approximate surface area is 87.9 Å². The molecular formula is C12H22N2. The van der Waals surface area contributed by atoms with Gasteiger partial charge in [-0.1, -0.05) is 6.92 Å². The van der Waals surface area contributed by atoms with Crippen molar-refractivity contribution in [3.8, 4) is 6.07 Å². The summed E-state index contributed by atoms with van der Waals surface area (Å²) >= 11 is 0. The Morgan fingerprint density at radius 3 is 2.43 bits per heavy atom. The van der Waals surface area contributed by atoms with Crippen LogP contribution >= 0.6 is 0 Å². The van der Waals surface area contributed by atoms with Crippen molar-refractivity contribution in [1.82, 2.24) is 4.90 Å². The first-order valence-electron chi connectivity index (χ1n) is 5.81. The van der Waals surface area contributed by atoms with Gasteiger partial charge in [-0.05, 0) is 39.0 Å². The molecule has 1 saturated carbocycles. The van der Waals surface area contributed by atoms with Crippen molar-refractivity contribution in [2.45, 2.75) is 58.5 Å². The molecule has 1 aliphatic rings. The zero-order valence-corrected chi connectivity index (χ0v) is 9.66. The number of rotatable bonds is 6. The van der Waals surface area contributed by atoms with E-state index in [2.05, 4.69) is 31.7 Å². The van der Waals surface area contributed by atoms with E-state index in [1.54, 1.807) is 0 Å². The minimum atomic E-state index is 0.473. The van der Waals surface area contributed by atoms with Gasteiger partial charge in [0, 0.05) is 18.6 Å². The molecule has 0 heterocycles. The Morgan fingerprint density at radius 1 is 1.43 bits per heavy atom. The third-order valence-electron chi connectivity index (χ3n) is 3.10. The molecule has 14 heavy (non-hydrogen) atoms. The number of hydrogen-bond acceptors (Lipinski definition) is 2. The number of nitriles is 1. The van der Waals surface area contributed by atoms with Crippen molar-refractivity contribution < 1.29 is 0 Å². The Bertz CT molecular complexity index is 201. The molecule has 0 aromatic carbocycles. The van der Waals surface area contributed by atoms with Crippen LogP contribution in [0.4, 0.5) is 0 Å². The lowest BCUT2D eigenvalue weighted by molar-refractivity contribution is 0.143. The quantitative estimate of drug-likeness (QED) is 0.650. The van der Waals surface area contributed by atoms with Crippen LogP contribution in [0.1, 0.15) is 46.5 Å². The van der Waals surface area contributed by atoms with Crippen LogP contribution < -0.4 is 0 Å².